The molecule has 2 aromatic rings. The highest BCUT2D eigenvalue weighted by molar-refractivity contribution is 7.89. The molecule has 4 rings (SSSR count). The Morgan fingerprint density at radius 3 is 2.67 bits per heavy atom. The van der Waals surface area contributed by atoms with Crippen molar-refractivity contribution in [1.82, 2.24) is 14.9 Å². The second-order valence-corrected chi connectivity index (χ2v) is 11.1. The SMILES string of the molecule is Cc1ccc(C2NCC(CNS(=O)(=O)c3ccccc3)C(N3CCC(CN)C3)[N+]2=O)cc1Cl. The minimum Gasteiger partial charge on any atom is -0.330 e. The summed E-state index contributed by atoms with van der Waals surface area (Å²) in [6.45, 7) is 4.62. The summed E-state index contributed by atoms with van der Waals surface area (Å²) >= 11 is 6.32. The molecule has 178 valence electrons. The van der Waals surface area contributed by atoms with E-state index >= 15 is 0 Å². The number of sulfonamides is 1. The number of benzene rings is 2. The van der Waals surface area contributed by atoms with Crippen LogP contribution in [0.15, 0.2) is 53.4 Å². The van der Waals surface area contributed by atoms with E-state index in [-0.39, 0.29) is 17.4 Å². The van der Waals surface area contributed by atoms with E-state index in [2.05, 4.69) is 14.9 Å². The van der Waals surface area contributed by atoms with Crippen LogP contribution in [-0.4, -0.2) is 57.0 Å². The smallest absolute Gasteiger partial charge is 0.282 e. The van der Waals surface area contributed by atoms with Crippen molar-refractivity contribution in [2.45, 2.75) is 30.6 Å². The molecule has 0 aliphatic carbocycles. The number of hydrogen-bond acceptors (Lipinski definition) is 6. The van der Waals surface area contributed by atoms with Gasteiger partial charge in [-0.2, -0.15) is 0 Å². The van der Waals surface area contributed by atoms with Crippen molar-refractivity contribution in [3.05, 3.63) is 69.6 Å². The fourth-order valence-corrected chi connectivity index (χ4v) is 6.00. The van der Waals surface area contributed by atoms with Gasteiger partial charge in [0, 0.05) is 46.4 Å². The third-order valence-corrected chi connectivity index (χ3v) is 8.48. The van der Waals surface area contributed by atoms with Gasteiger partial charge in [-0.25, -0.2) is 18.0 Å². The molecule has 4 atom stereocenters. The van der Waals surface area contributed by atoms with Gasteiger partial charge in [-0.15, -0.1) is 0 Å². The molecule has 4 N–H and O–H groups in total. The normalized spacial score (nSPS) is 26.6. The van der Waals surface area contributed by atoms with Crippen LogP contribution in [0.1, 0.15) is 23.7 Å². The van der Waals surface area contributed by atoms with Gasteiger partial charge in [-0.05, 0) is 49.6 Å². The largest absolute Gasteiger partial charge is 0.330 e. The van der Waals surface area contributed by atoms with E-state index in [4.69, 9.17) is 17.3 Å². The zero-order valence-corrected chi connectivity index (χ0v) is 20.2. The zero-order chi connectivity index (χ0) is 23.6. The van der Waals surface area contributed by atoms with Crippen LogP contribution in [0.25, 0.3) is 0 Å². The first-order chi connectivity index (χ1) is 15.8. The maximum absolute atomic E-state index is 13.7. The maximum Gasteiger partial charge on any atom is 0.282 e. The van der Waals surface area contributed by atoms with Gasteiger partial charge in [0.2, 0.25) is 10.0 Å². The Bertz CT molecular complexity index is 1100. The lowest BCUT2D eigenvalue weighted by Gasteiger charge is -2.34. The number of likely N-dealkylation sites (tertiary alicyclic amines) is 1. The van der Waals surface area contributed by atoms with Crippen LogP contribution >= 0.6 is 11.6 Å². The minimum absolute atomic E-state index is 0.152. The van der Waals surface area contributed by atoms with E-state index in [9.17, 15) is 13.3 Å². The zero-order valence-electron chi connectivity index (χ0n) is 18.7. The molecule has 2 fully saturated rings. The molecule has 0 saturated carbocycles. The van der Waals surface area contributed by atoms with Gasteiger partial charge >= 0.3 is 0 Å². The van der Waals surface area contributed by atoms with Crippen molar-refractivity contribution in [1.29, 1.82) is 0 Å². The van der Waals surface area contributed by atoms with E-state index in [0.29, 0.717) is 24.0 Å². The number of nitroso groups, excluding NO2 is 1. The summed E-state index contributed by atoms with van der Waals surface area (Å²) in [6.07, 6.45) is -0.115. The summed E-state index contributed by atoms with van der Waals surface area (Å²) in [5.41, 5.74) is 7.63. The molecule has 0 radical (unpaired) electrons. The number of nitrogens with zero attached hydrogens (tertiary/aromatic N) is 2. The van der Waals surface area contributed by atoms with Gasteiger partial charge in [-0.1, -0.05) is 41.9 Å². The standard InChI is InChI=1S/C23H31ClN5O3S/c1-16-7-8-18(11-21(16)24)22-26-13-19(14-27-33(31,32)20-5-3-2-4-6-20)23(29(22)30)28-10-9-17(12-25)15-28/h2-8,11,17,19,22-23,26-27H,9-10,12-15,25H2,1H3/q+1. The maximum atomic E-state index is 13.7. The lowest BCUT2D eigenvalue weighted by Crippen LogP contribution is -2.59. The molecule has 0 spiro atoms. The summed E-state index contributed by atoms with van der Waals surface area (Å²) in [4.78, 5) is 16.0. The average Bonchev–Trinajstić information content (AvgIpc) is 3.29. The van der Waals surface area contributed by atoms with Crippen molar-refractivity contribution in [3.8, 4) is 0 Å². The van der Waals surface area contributed by atoms with E-state index in [1.54, 1.807) is 30.3 Å². The van der Waals surface area contributed by atoms with Gasteiger partial charge in [-0.3, -0.25) is 5.32 Å². The molecule has 4 unspecified atom stereocenters. The van der Waals surface area contributed by atoms with Gasteiger partial charge in [0.1, 0.15) is 0 Å². The second-order valence-electron chi connectivity index (χ2n) is 8.90. The fourth-order valence-electron chi connectivity index (χ4n) is 4.69. The molecule has 2 heterocycles. The lowest BCUT2D eigenvalue weighted by molar-refractivity contribution is -0.669. The second kappa shape index (κ2) is 10.2. The van der Waals surface area contributed by atoms with Gasteiger partial charge in [0.15, 0.2) is 0 Å². The topological polar surface area (TPSA) is 108 Å². The number of rotatable bonds is 7. The lowest BCUT2D eigenvalue weighted by atomic mass is 9.99. The molecular formula is C23H31ClN5O3S+. The first-order valence-corrected chi connectivity index (χ1v) is 13.1. The van der Waals surface area contributed by atoms with Crippen LogP contribution in [0.5, 0.6) is 0 Å². The van der Waals surface area contributed by atoms with Crippen molar-refractivity contribution in [3.63, 3.8) is 0 Å². The van der Waals surface area contributed by atoms with E-state index in [0.717, 1.165) is 35.4 Å². The van der Waals surface area contributed by atoms with Crippen molar-refractivity contribution >= 4 is 21.6 Å². The summed E-state index contributed by atoms with van der Waals surface area (Å²) in [5.74, 6) is 0.0943. The first-order valence-electron chi connectivity index (χ1n) is 11.2. The Labute approximate surface area is 200 Å². The molecular weight excluding hydrogens is 462 g/mol. The molecule has 2 aliphatic heterocycles. The molecule has 2 saturated heterocycles. The highest BCUT2D eigenvalue weighted by atomic mass is 35.5. The Morgan fingerprint density at radius 2 is 2.00 bits per heavy atom. The van der Waals surface area contributed by atoms with Crippen LogP contribution in [0.2, 0.25) is 5.02 Å². The molecule has 0 bridgehead atoms. The Kier molecular flexibility index (Phi) is 7.47. The Hall–Kier alpha value is -1.88. The van der Waals surface area contributed by atoms with Crippen LogP contribution in [0.3, 0.4) is 0 Å². The molecule has 2 aliphatic rings. The number of aryl methyl sites for hydroxylation is 1. The Morgan fingerprint density at radius 1 is 1.24 bits per heavy atom. The highest BCUT2D eigenvalue weighted by Gasteiger charge is 2.50. The molecule has 2 aromatic carbocycles. The van der Waals surface area contributed by atoms with Crippen LogP contribution < -0.4 is 15.8 Å². The first kappa shape index (κ1) is 24.3. The molecule has 0 amide bonds. The van der Waals surface area contributed by atoms with Crippen LogP contribution in [0, 0.1) is 23.7 Å². The van der Waals surface area contributed by atoms with Crippen molar-refractivity contribution in [2.24, 2.45) is 17.6 Å². The highest BCUT2D eigenvalue weighted by Crippen LogP contribution is 2.31. The van der Waals surface area contributed by atoms with Crippen molar-refractivity contribution in [2.75, 3.05) is 32.7 Å². The molecule has 33 heavy (non-hydrogen) atoms. The molecule has 0 aromatic heterocycles. The summed E-state index contributed by atoms with van der Waals surface area (Å²) in [7, 11) is -3.67. The monoisotopic (exact) mass is 492 g/mol. The summed E-state index contributed by atoms with van der Waals surface area (Å²) < 4.78 is 29.3. The fraction of sp³-hybridized carbons (Fsp3) is 0.478. The summed E-state index contributed by atoms with van der Waals surface area (Å²) in [6, 6.07) is 13.9. The predicted octanol–water partition coefficient (Wildman–Crippen LogP) is 2.23. The van der Waals surface area contributed by atoms with Crippen LogP contribution in [0.4, 0.5) is 0 Å². The number of nitrogens with two attached hydrogens (primary N) is 1. The number of hydrogen-bond donors (Lipinski definition) is 3. The van der Waals surface area contributed by atoms with Crippen molar-refractivity contribution < 1.29 is 13.2 Å². The average molecular weight is 493 g/mol. The number of nitrogens with one attached hydrogen (secondary N) is 2. The number of halogens is 1. The molecule has 8 nitrogen and oxygen atoms in total. The van der Waals surface area contributed by atoms with E-state index in [1.807, 2.05) is 25.1 Å². The predicted molar refractivity (Wildman–Crippen MR) is 128 cm³/mol. The van der Waals surface area contributed by atoms with Gasteiger partial charge in [0.05, 0.1) is 10.8 Å². The summed E-state index contributed by atoms with van der Waals surface area (Å²) in [5, 5.41) is 3.92. The third kappa shape index (κ3) is 5.29. The van der Waals surface area contributed by atoms with E-state index in [1.165, 1.54) is 0 Å². The van der Waals surface area contributed by atoms with Crippen LogP contribution in [-0.2, 0) is 10.0 Å². The Balaban J connectivity index is 1.56. The quantitative estimate of drug-likeness (QED) is 0.511. The van der Waals surface area contributed by atoms with E-state index < -0.39 is 22.4 Å². The molecule has 10 heteroatoms. The third-order valence-electron chi connectivity index (χ3n) is 6.64. The van der Waals surface area contributed by atoms with Gasteiger partial charge < -0.3 is 5.73 Å². The minimum atomic E-state index is -3.67. The van der Waals surface area contributed by atoms with Gasteiger partial charge in [0.25, 0.3) is 12.3 Å².